The zero-order chi connectivity index (χ0) is 13.1. The van der Waals surface area contributed by atoms with Gasteiger partial charge in [-0.15, -0.1) is 0 Å². The van der Waals surface area contributed by atoms with Crippen molar-refractivity contribution in [2.24, 2.45) is 0 Å². The lowest BCUT2D eigenvalue weighted by atomic mass is 10.3. The van der Waals surface area contributed by atoms with Gasteiger partial charge in [0.1, 0.15) is 5.69 Å². The van der Waals surface area contributed by atoms with E-state index in [2.05, 4.69) is 15.3 Å². The molecule has 2 N–H and O–H groups in total. The second-order valence-electron chi connectivity index (χ2n) is 3.33. The van der Waals surface area contributed by atoms with Crippen LogP contribution >= 0.6 is 23.2 Å². The van der Waals surface area contributed by atoms with Gasteiger partial charge in [0.05, 0.1) is 16.2 Å². The van der Waals surface area contributed by atoms with E-state index in [1.807, 2.05) is 0 Å². The number of hydrogen-bond donors (Lipinski definition) is 2. The number of halogens is 2. The Balaban J connectivity index is 2.23. The van der Waals surface area contributed by atoms with Crippen LogP contribution in [-0.2, 0) is 0 Å². The third-order valence-corrected chi connectivity index (χ3v) is 2.65. The van der Waals surface area contributed by atoms with Crippen molar-refractivity contribution in [3.05, 3.63) is 46.5 Å². The molecule has 0 aliphatic rings. The molecule has 0 radical (unpaired) electrons. The Kier molecular flexibility index (Phi) is 3.64. The van der Waals surface area contributed by atoms with Gasteiger partial charge in [0.15, 0.2) is 5.75 Å². The summed E-state index contributed by atoms with van der Waals surface area (Å²) in [5.41, 5.74) is 0.524. The van der Waals surface area contributed by atoms with Gasteiger partial charge in [0, 0.05) is 18.1 Å². The van der Waals surface area contributed by atoms with Gasteiger partial charge in [-0.2, -0.15) is 0 Å². The first-order valence-corrected chi connectivity index (χ1v) is 5.59. The Bertz CT molecular complexity index is 567. The molecule has 0 aliphatic heterocycles. The normalized spacial score (nSPS) is 10.1. The molecular weight excluding hydrogens is 277 g/mol. The first-order valence-electron chi connectivity index (χ1n) is 4.83. The molecule has 0 fully saturated rings. The molecule has 0 unspecified atom stereocenters. The molecule has 0 saturated heterocycles. The highest BCUT2D eigenvalue weighted by Crippen LogP contribution is 2.34. The smallest absolute Gasteiger partial charge is 0.275 e. The predicted octanol–water partition coefficient (Wildman–Crippen LogP) is 2.74. The van der Waals surface area contributed by atoms with E-state index in [4.69, 9.17) is 23.2 Å². The predicted molar refractivity (Wildman–Crippen MR) is 68.1 cm³/mol. The van der Waals surface area contributed by atoms with Crippen molar-refractivity contribution >= 4 is 34.8 Å². The van der Waals surface area contributed by atoms with Gasteiger partial charge >= 0.3 is 0 Å². The number of carbonyl (C=O) groups excluding carboxylic acids is 1. The highest BCUT2D eigenvalue weighted by Gasteiger charge is 2.11. The average Bonchev–Trinajstić information content (AvgIpc) is 2.37. The van der Waals surface area contributed by atoms with Crippen LogP contribution in [0.2, 0.25) is 10.0 Å². The first kappa shape index (κ1) is 12.6. The van der Waals surface area contributed by atoms with Crippen LogP contribution in [0.15, 0.2) is 30.7 Å². The highest BCUT2D eigenvalue weighted by atomic mass is 35.5. The molecule has 18 heavy (non-hydrogen) atoms. The topological polar surface area (TPSA) is 75.1 Å². The SMILES string of the molecule is O=C(Nc1cc(Cl)c(O)c(Cl)c1)c1cnccn1. The van der Waals surface area contributed by atoms with E-state index in [0.717, 1.165) is 0 Å². The fourth-order valence-electron chi connectivity index (χ4n) is 1.25. The van der Waals surface area contributed by atoms with Crippen LogP contribution in [-0.4, -0.2) is 21.0 Å². The maximum absolute atomic E-state index is 11.8. The minimum atomic E-state index is -0.444. The molecule has 1 aromatic heterocycles. The second-order valence-corrected chi connectivity index (χ2v) is 4.15. The van der Waals surface area contributed by atoms with Crippen LogP contribution in [0.4, 0.5) is 5.69 Å². The number of aromatic nitrogens is 2. The van der Waals surface area contributed by atoms with Crippen LogP contribution in [0.3, 0.4) is 0 Å². The number of nitrogens with zero attached hydrogens (tertiary/aromatic N) is 2. The lowest BCUT2D eigenvalue weighted by Crippen LogP contribution is -2.13. The van der Waals surface area contributed by atoms with Gasteiger partial charge in [0.2, 0.25) is 0 Å². The van der Waals surface area contributed by atoms with E-state index in [0.29, 0.717) is 5.69 Å². The molecule has 1 amide bonds. The summed E-state index contributed by atoms with van der Waals surface area (Å²) in [6.45, 7) is 0. The largest absolute Gasteiger partial charge is 0.505 e. The number of aromatic hydroxyl groups is 1. The number of benzene rings is 1. The zero-order valence-electron chi connectivity index (χ0n) is 8.89. The van der Waals surface area contributed by atoms with Crippen molar-refractivity contribution in [1.29, 1.82) is 0 Å². The molecule has 1 heterocycles. The summed E-state index contributed by atoms with van der Waals surface area (Å²) in [6.07, 6.45) is 4.20. The molecular formula is C11H7Cl2N3O2. The highest BCUT2D eigenvalue weighted by molar-refractivity contribution is 6.37. The summed E-state index contributed by atoms with van der Waals surface area (Å²) >= 11 is 11.5. The van der Waals surface area contributed by atoms with Crippen LogP contribution < -0.4 is 5.32 Å². The Morgan fingerprint density at radius 1 is 1.22 bits per heavy atom. The van der Waals surface area contributed by atoms with Crippen LogP contribution in [0.1, 0.15) is 10.5 Å². The molecule has 7 heteroatoms. The van der Waals surface area contributed by atoms with Gasteiger partial charge in [-0.3, -0.25) is 9.78 Å². The maximum atomic E-state index is 11.8. The first-order chi connectivity index (χ1) is 8.58. The van der Waals surface area contributed by atoms with Crippen molar-refractivity contribution in [2.45, 2.75) is 0 Å². The molecule has 0 atom stereocenters. The number of hydrogen-bond acceptors (Lipinski definition) is 4. The summed E-state index contributed by atoms with van der Waals surface area (Å²) in [5, 5.41) is 12.0. The van der Waals surface area contributed by atoms with Gasteiger partial charge < -0.3 is 10.4 Å². The average molecular weight is 284 g/mol. The van der Waals surface area contributed by atoms with Crippen molar-refractivity contribution in [3.63, 3.8) is 0 Å². The van der Waals surface area contributed by atoms with Gasteiger partial charge in [-0.1, -0.05) is 23.2 Å². The summed E-state index contributed by atoms with van der Waals surface area (Å²) in [5.74, 6) is -0.670. The monoisotopic (exact) mass is 283 g/mol. The molecule has 0 spiro atoms. The molecule has 2 rings (SSSR count). The number of phenolic OH excluding ortho intramolecular Hbond substituents is 1. The molecule has 0 bridgehead atoms. The van der Waals surface area contributed by atoms with Crippen LogP contribution in [0.5, 0.6) is 5.75 Å². The quantitative estimate of drug-likeness (QED) is 0.831. The third kappa shape index (κ3) is 2.69. The minimum Gasteiger partial charge on any atom is -0.505 e. The number of phenols is 1. The second kappa shape index (κ2) is 5.20. The number of carbonyl (C=O) groups is 1. The van der Waals surface area contributed by atoms with Crippen molar-refractivity contribution < 1.29 is 9.90 Å². The summed E-state index contributed by atoms with van der Waals surface area (Å²) in [6, 6.07) is 2.77. The molecule has 1 aromatic carbocycles. The molecule has 2 aromatic rings. The van der Waals surface area contributed by atoms with E-state index in [1.165, 1.54) is 30.7 Å². The molecule has 5 nitrogen and oxygen atoms in total. The fraction of sp³-hybridized carbons (Fsp3) is 0. The van der Waals surface area contributed by atoms with Gasteiger partial charge in [-0.05, 0) is 12.1 Å². The Morgan fingerprint density at radius 3 is 2.44 bits per heavy atom. The maximum Gasteiger partial charge on any atom is 0.275 e. The molecule has 92 valence electrons. The lowest BCUT2D eigenvalue weighted by molar-refractivity contribution is 0.102. The van der Waals surface area contributed by atoms with Gasteiger partial charge in [0.25, 0.3) is 5.91 Å². The van der Waals surface area contributed by atoms with Crippen molar-refractivity contribution in [1.82, 2.24) is 9.97 Å². The standard InChI is InChI=1S/C11H7Cl2N3O2/c12-7-3-6(4-8(13)10(7)17)16-11(18)9-5-14-1-2-15-9/h1-5,17H,(H,16,18). The van der Waals surface area contributed by atoms with Crippen LogP contribution in [0.25, 0.3) is 0 Å². The van der Waals surface area contributed by atoms with E-state index >= 15 is 0 Å². The van der Waals surface area contributed by atoms with E-state index in [-0.39, 0.29) is 21.5 Å². The zero-order valence-corrected chi connectivity index (χ0v) is 10.4. The summed E-state index contributed by atoms with van der Waals surface area (Å²) < 4.78 is 0. The Hall–Kier alpha value is -1.85. The molecule has 0 aliphatic carbocycles. The van der Waals surface area contributed by atoms with Crippen LogP contribution in [0, 0.1) is 0 Å². The number of nitrogens with one attached hydrogen (secondary N) is 1. The Morgan fingerprint density at radius 2 is 1.89 bits per heavy atom. The van der Waals surface area contributed by atoms with E-state index in [1.54, 1.807) is 0 Å². The number of rotatable bonds is 2. The minimum absolute atomic E-state index is 0.0527. The van der Waals surface area contributed by atoms with E-state index < -0.39 is 5.91 Å². The van der Waals surface area contributed by atoms with Crippen molar-refractivity contribution in [2.75, 3.05) is 5.32 Å². The molecule has 0 saturated carbocycles. The van der Waals surface area contributed by atoms with Gasteiger partial charge in [-0.25, -0.2) is 4.98 Å². The van der Waals surface area contributed by atoms with E-state index in [9.17, 15) is 9.90 Å². The summed E-state index contributed by atoms with van der Waals surface area (Å²) in [7, 11) is 0. The third-order valence-electron chi connectivity index (χ3n) is 2.07. The fourth-order valence-corrected chi connectivity index (χ4v) is 1.74. The van der Waals surface area contributed by atoms with Crippen molar-refractivity contribution in [3.8, 4) is 5.75 Å². The summed E-state index contributed by atoms with van der Waals surface area (Å²) in [4.78, 5) is 19.4. The number of anilines is 1. The Labute approximate surface area is 112 Å². The number of amides is 1. The lowest BCUT2D eigenvalue weighted by Gasteiger charge is -2.07.